The van der Waals surface area contributed by atoms with Crippen molar-refractivity contribution in [2.75, 3.05) is 0 Å². The lowest BCUT2D eigenvalue weighted by Gasteiger charge is -2.39. The lowest BCUT2D eigenvalue weighted by molar-refractivity contribution is -0.116. The fourth-order valence-electron chi connectivity index (χ4n) is 2.04. The largest absolute Gasteiger partial charge is 0.311 e. The fourth-order valence-corrected chi connectivity index (χ4v) is 4.44. The van der Waals surface area contributed by atoms with E-state index in [2.05, 4.69) is 45.0 Å². The summed E-state index contributed by atoms with van der Waals surface area (Å²) in [5.74, 6) is 0. The van der Waals surface area contributed by atoms with Crippen molar-refractivity contribution in [2.45, 2.75) is 26.3 Å². The monoisotopic (exact) mass is 285 g/mol. The molecule has 1 amide bonds. The average Bonchev–Trinajstić information content (AvgIpc) is 2.45. The van der Waals surface area contributed by atoms with Crippen LogP contribution in [-0.4, -0.2) is 16.6 Å². The van der Waals surface area contributed by atoms with E-state index in [1.807, 2.05) is 41.1 Å². The van der Waals surface area contributed by atoms with Gasteiger partial charge in [0.25, 0.3) is 0 Å². The third-order valence-corrected chi connectivity index (χ3v) is 5.70. The molecule has 2 aromatic rings. The summed E-state index contributed by atoms with van der Waals surface area (Å²) in [6, 6.07) is 20.5. The predicted molar refractivity (Wildman–Crippen MR) is 86.7 cm³/mol. The third kappa shape index (κ3) is 3.26. The summed E-state index contributed by atoms with van der Waals surface area (Å²) in [5, 5.41) is 2.38. The minimum Gasteiger partial charge on any atom is -0.311 e. The molecule has 0 aromatic heterocycles. The molecule has 0 N–H and O–H groups in total. The molecule has 104 valence electrons. The Bertz CT molecular complexity index is 509. The van der Waals surface area contributed by atoms with E-state index in [1.54, 1.807) is 0 Å². The van der Waals surface area contributed by atoms with E-state index >= 15 is 0 Å². The number of hydrogen-bond acceptors (Lipinski definition) is 1. The van der Waals surface area contributed by atoms with Crippen molar-refractivity contribution in [1.82, 2.24) is 4.67 Å². The van der Waals surface area contributed by atoms with Crippen LogP contribution < -0.4 is 10.6 Å². The standard InChI is InChI=1S/C17H20NOP/c1-17(2,3)18(14-19)20(15-10-6-4-7-11-15)16-12-8-5-9-13-16/h4-14H,1-3H3. The number of nitrogens with zero attached hydrogens (tertiary/aromatic N) is 1. The zero-order valence-corrected chi connectivity index (χ0v) is 13.0. The number of carbonyl (C=O) groups is 1. The molecule has 0 heterocycles. The van der Waals surface area contributed by atoms with Crippen LogP contribution in [0.15, 0.2) is 60.7 Å². The minimum absolute atomic E-state index is 0.209. The maximum atomic E-state index is 11.7. The van der Waals surface area contributed by atoms with Crippen molar-refractivity contribution < 1.29 is 4.79 Å². The smallest absolute Gasteiger partial charge is 0.213 e. The molecule has 3 heteroatoms. The first-order valence-electron chi connectivity index (χ1n) is 6.69. The van der Waals surface area contributed by atoms with Gasteiger partial charge in [-0.15, -0.1) is 0 Å². The van der Waals surface area contributed by atoms with Crippen LogP contribution in [-0.2, 0) is 4.79 Å². The molecular weight excluding hydrogens is 265 g/mol. The predicted octanol–water partition coefficient (Wildman–Crippen LogP) is 3.29. The van der Waals surface area contributed by atoms with Crippen molar-refractivity contribution in [3.63, 3.8) is 0 Å². The van der Waals surface area contributed by atoms with Gasteiger partial charge in [0, 0.05) is 16.1 Å². The number of benzene rings is 2. The van der Waals surface area contributed by atoms with Gasteiger partial charge in [-0.3, -0.25) is 4.79 Å². The Morgan fingerprint density at radius 1 is 0.850 bits per heavy atom. The number of carbonyl (C=O) groups excluding carboxylic acids is 1. The van der Waals surface area contributed by atoms with Gasteiger partial charge < -0.3 is 4.67 Å². The summed E-state index contributed by atoms with van der Waals surface area (Å²) >= 11 is 0. The zero-order chi connectivity index (χ0) is 14.6. The SMILES string of the molecule is CC(C)(C)N(C=O)P(c1ccccc1)c1ccccc1. The highest BCUT2D eigenvalue weighted by molar-refractivity contribution is 7.71. The van der Waals surface area contributed by atoms with Crippen LogP contribution in [0, 0.1) is 0 Å². The Hall–Kier alpha value is -1.66. The average molecular weight is 285 g/mol. The Morgan fingerprint density at radius 2 is 1.25 bits per heavy atom. The van der Waals surface area contributed by atoms with E-state index < -0.39 is 8.07 Å². The van der Waals surface area contributed by atoms with Gasteiger partial charge in [-0.2, -0.15) is 0 Å². The van der Waals surface area contributed by atoms with Crippen molar-refractivity contribution in [2.24, 2.45) is 0 Å². The van der Waals surface area contributed by atoms with E-state index in [1.165, 1.54) is 10.6 Å². The first-order valence-corrected chi connectivity index (χ1v) is 7.98. The number of amides is 1. The molecule has 0 fully saturated rings. The van der Waals surface area contributed by atoms with Crippen LogP contribution in [0.5, 0.6) is 0 Å². The van der Waals surface area contributed by atoms with Crippen molar-refractivity contribution in [3.05, 3.63) is 60.7 Å². The first kappa shape index (κ1) is 14.7. The molecule has 0 spiro atoms. The molecule has 0 aliphatic heterocycles. The first-order chi connectivity index (χ1) is 9.54. The maximum absolute atomic E-state index is 11.7. The van der Waals surface area contributed by atoms with Crippen LogP contribution in [0.4, 0.5) is 0 Å². The molecule has 0 aliphatic carbocycles. The molecule has 2 nitrogen and oxygen atoms in total. The summed E-state index contributed by atoms with van der Waals surface area (Å²) in [5.41, 5.74) is -0.209. The number of rotatable bonds is 4. The Morgan fingerprint density at radius 3 is 1.55 bits per heavy atom. The molecule has 2 aromatic carbocycles. The summed E-state index contributed by atoms with van der Waals surface area (Å²) in [4.78, 5) is 11.7. The van der Waals surface area contributed by atoms with Gasteiger partial charge in [0.15, 0.2) is 0 Å². The van der Waals surface area contributed by atoms with E-state index in [4.69, 9.17) is 0 Å². The van der Waals surface area contributed by atoms with E-state index in [0.717, 1.165) is 6.41 Å². The van der Waals surface area contributed by atoms with E-state index in [-0.39, 0.29) is 5.54 Å². The molecule has 2 rings (SSSR count). The van der Waals surface area contributed by atoms with Crippen molar-refractivity contribution in [3.8, 4) is 0 Å². The van der Waals surface area contributed by atoms with Crippen LogP contribution in [0.2, 0.25) is 0 Å². The topological polar surface area (TPSA) is 20.3 Å². The second kappa shape index (κ2) is 6.19. The van der Waals surface area contributed by atoms with Gasteiger partial charge in [0.2, 0.25) is 6.41 Å². The highest BCUT2D eigenvalue weighted by Crippen LogP contribution is 2.41. The van der Waals surface area contributed by atoms with Gasteiger partial charge in [-0.1, -0.05) is 60.7 Å². The number of hydrogen-bond donors (Lipinski definition) is 0. The zero-order valence-electron chi connectivity index (χ0n) is 12.2. The second-order valence-corrected chi connectivity index (χ2v) is 7.69. The lowest BCUT2D eigenvalue weighted by atomic mass is 10.1. The Kier molecular flexibility index (Phi) is 4.57. The molecule has 0 atom stereocenters. The molecule has 0 aliphatic rings. The summed E-state index contributed by atoms with van der Waals surface area (Å²) in [7, 11) is -0.837. The molecule has 0 radical (unpaired) electrons. The van der Waals surface area contributed by atoms with E-state index in [9.17, 15) is 4.79 Å². The van der Waals surface area contributed by atoms with Crippen LogP contribution >= 0.6 is 8.07 Å². The molecule has 0 saturated carbocycles. The molecule has 0 bridgehead atoms. The highest BCUT2D eigenvalue weighted by atomic mass is 31.1. The highest BCUT2D eigenvalue weighted by Gasteiger charge is 2.29. The van der Waals surface area contributed by atoms with Gasteiger partial charge in [0.1, 0.15) is 0 Å². The summed E-state index contributed by atoms with van der Waals surface area (Å²) < 4.78 is 1.94. The maximum Gasteiger partial charge on any atom is 0.213 e. The quantitative estimate of drug-likeness (QED) is 0.623. The molecule has 0 unspecified atom stereocenters. The second-order valence-electron chi connectivity index (χ2n) is 5.60. The summed E-state index contributed by atoms with van der Waals surface area (Å²) in [6.45, 7) is 6.22. The normalized spacial score (nSPS) is 11.4. The summed E-state index contributed by atoms with van der Waals surface area (Å²) in [6.07, 6.45) is 0.978. The van der Waals surface area contributed by atoms with Crippen molar-refractivity contribution >= 4 is 25.1 Å². The van der Waals surface area contributed by atoms with Gasteiger partial charge in [-0.25, -0.2) is 0 Å². The van der Waals surface area contributed by atoms with E-state index in [0.29, 0.717) is 0 Å². The van der Waals surface area contributed by atoms with Crippen LogP contribution in [0.25, 0.3) is 0 Å². The molecule has 20 heavy (non-hydrogen) atoms. The van der Waals surface area contributed by atoms with Crippen LogP contribution in [0.3, 0.4) is 0 Å². The lowest BCUT2D eigenvalue weighted by Crippen LogP contribution is -2.41. The van der Waals surface area contributed by atoms with Crippen LogP contribution in [0.1, 0.15) is 20.8 Å². The minimum atomic E-state index is -0.837. The van der Waals surface area contributed by atoms with Gasteiger partial charge in [-0.05, 0) is 20.8 Å². The third-order valence-electron chi connectivity index (χ3n) is 3.00. The van der Waals surface area contributed by atoms with Gasteiger partial charge >= 0.3 is 0 Å². The fraction of sp³-hybridized carbons (Fsp3) is 0.235. The molecule has 0 saturated heterocycles. The molecular formula is C17H20NOP. The van der Waals surface area contributed by atoms with Crippen molar-refractivity contribution in [1.29, 1.82) is 0 Å². The van der Waals surface area contributed by atoms with Gasteiger partial charge in [0.05, 0.1) is 8.07 Å². The Labute approximate surface area is 122 Å². The Balaban J connectivity index is 2.53.